The maximum Gasteiger partial charge on any atom is 0.233 e. The van der Waals surface area contributed by atoms with Gasteiger partial charge in [0.05, 0.1) is 11.6 Å². The Labute approximate surface area is 113 Å². The van der Waals surface area contributed by atoms with E-state index in [2.05, 4.69) is 10.3 Å². The Morgan fingerprint density at radius 1 is 1.37 bits per heavy atom. The van der Waals surface area contributed by atoms with Crippen LogP contribution in [0.5, 0.6) is 0 Å². The molecule has 4 nitrogen and oxygen atoms in total. The molecule has 1 amide bonds. The van der Waals surface area contributed by atoms with Crippen LogP contribution in [0.25, 0.3) is 0 Å². The number of amides is 1. The van der Waals surface area contributed by atoms with E-state index in [1.165, 1.54) is 12.1 Å². The van der Waals surface area contributed by atoms with Gasteiger partial charge in [-0.3, -0.25) is 4.79 Å². The summed E-state index contributed by atoms with van der Waals surface area (Å²) >= 11 is 0. The van der Waals surface area contributed by atoms with E-state index < -0.39 is 11.2 Å². The van der Waals surface area contributed by atoms with Crippen molar-refractivity contribution in [3.8, 4) is 0 Å². The lowest BCUT2D eigenvalue weighted by Crippen LogP contribution is -2.42. The highest BCUT2D eigenvalue weighted by molar-refractivity contribution is 5.94. The third-order valence-corrected chi connectivity index (χ3v) is 3.30. The van der Waals surface area contributed by atoms with E-state index in [0.717, 1.165) is 31.9 Å². The van der Waals surface area contributed by atoms with Crippen LogP contribution in [0.2, 0.25) is 0 Å². The summed E-state index contributed by atoms with van der Waals surface area (Å²) in [6.45, 7) is 4.37. The number of nitrogens with zero attached hydrogens (tertiary/aromatic N) is 1. The first-order chi connectivity index (χ1) is 9.07. The minimum absolute atomic E-state index is 0.127. The SMILES string of the molecule is CCCC(CN)(CCC)C(=O)Nc1ccc(F)cn1. The van der Waals surface area contributed by atoms with Crippen LogP contribution < -0.4 is 11.1 Å². The highest BCUT2D eigenvalue weighted by Gasteiger charge is 2.35. The van der Waals surface area contributed by atoms with Crippen molar-refractivity contribution >= 4 is 11.7 Å². The van der Waals surface area contributed by atoms with Crippen LogP contribution in [0.4, 0.5) is 10.2 Å². The summed E-state index contributed by atoms with van der Waals surface area (Å²) in [7, 11) is 0. The zero-order valence-electron chi connectivity index (χ0n) is 11.6. The minimum Gasteiger partial charge on any atom is -0.329 e. The van der Waals surface area contributed by atoms with Crippen molar-refractivity contribution in [2.45, 2.75) is 39.5 Å². The average molecular weight is 267 g/mol. The number of carbonyl (C=O) groups excluding carboxylic acids is 1. The summed E-state index contributed by atoms with van der Waals surface area (Å²) in [6.07, 6.45) is 4.34. The van der Waals surface area contributed by atoms with E-state index in [9.17, 15) is 9.18 Å². The second-order valence-corrected chi connectivity index (χ2v) is 4.80. The van der Waals surface area contributed by atoms with Gasteiger partial charge in [-0.25, -0.2) is 9.37 Å². The summed E-state index contributed by atoms with van der Waals surface area (Å²) in [4.78, 5) is 16.2. The van der Waals surface area contributed by atoms with E-state index >= 15 is 0 Å². The van der Waals surface area contributed by atoms with Gasteiger partial charge in [-0.05, 0) is 25.0 Å². The number of carbonyl (C=O) groups is 1. The second kappa shape index (κ2) is 7.19. The van der Waals surface area contributed by atoms with Crippen LogP contribution in [0.3, 0.4) is 0 Å². The van der Waals surface area contributed by atoms with E-state index in [4.69, 9.17) is 5.73 Å². The van der Waals surface area contributed by atoms with Crippen LogP contribution >= 0.6 is 0 Å². The summed E-state index contributed by atoms with van der Waals surface area (Å²) in [6, 6.07) is 2.72. The van der Waals surface area contributed by atoms with E-state index in [1.807, 2.05) is 13.8 Å². The fraction of sp³-hybridized carbons (Fsp3) is 0.571. The molecule has 0 saturated heterocycles. The maximum absolute atomic E-state index is 12.8. The number of anilines is 1. The maximum atomic E-state index is 12.8. The van der Waals surface area contributed by atoms with Crippen LogP contribution in [0, 0.1) is 11.2 Å². The van der Waals surface area contributed by atoms with Crippen LogP contribution in [0.1, 0.15) is 39.5 Å². The Morgan fingerprint density at radius 3 is 2.42 bits per heavy atom. The first-order valence-corrected chi connectivity index (χ1v) is 6.71. The Morgan fingerprint density at radius 2 is 2.00 bits per heavy atom. The zero-order valence-corrected chi connectivity index (χ0v) is 11.6. The summed E-state index contributed by atoms with van der Waals surface area (Å²) < 4.78 is 12.8. The van der Waals surface area contributed by atoms with Gasteiger partial charge in [-0.15, -0.1) is 0 Å². The Kier molecular flexibility index (Phi) is 5.89. The molecule has 0 fully saturated rings. The first kappa shape index (κ1) is 15.6. The molecule has 0 atom stereocenters. The lowest BCUT2D eigenvalue weighted by Gasteiger charge is -2.30. The molecule has 1 heterocycles. The Hall–Kier alpha value is -1.49. The fourth-order valence-corrected chi connectivity index (χ4v) is 2.30. The van der Waals surface area contributed by atoms with Crippen molar-refractivity contribution in [1.29, 1.82) is 0 Å². The smallest absolute Gasteiger partial charge is 0.233 e. The average Bonchev–Trinajstić information content (AvgIpc) is 2.41. The summed E-state index contributed by atoms with van der Waals surface area (Å²) in [5, 5.41) is 2.73. The largest absolute Gasteiger partial charge is 0.329 e. The number of nitrogens with one attached hydrogen (secondary N) is 1. The number of halogens is 1. The highest BCUT2D eigenvalue weighted by atomic mass is 19.1. The molecule has 0 aliphatic heterocycles. The molecule has 0 unspecified atom stereocenters. The Bertz CT molecular complexity index is 400. The van der Waals surface area contributed by atoms with Gasteiger partial charge in [0.15, 0.2) is 0 Å². The van der Waals surface area contributed by atoms with Gasteiger partial charge in [0.1, 0.15) is 11.6 Å². The zero-order chi connectivity index (χ0) is 14.3. The molecule has 0 aliphatic rings. The van der Waals surface area contributed by atoms with Gasteiger partial charge in [0, 0.05) is 6.54 Å². The van der Waals surface area contributed by atoms with Gasteiger partial charge in [0.2, 0.25) is 5.91 Å². The van der Waals surface area contributed by atoms with Crippen molar-refractivity contribution < 1.29 is 9.18 Å². The molecule has 3 N–H and O–H groups in total. The first-order valence-electron chi connectivity index (χ1n) is 6.71. The van der Waals surface area contributed by atoms with Gasteiger partial charge in [-0.1, -0.05) is 26.7 Å². The van der Waals surface area contributed by atoms with Gasteiger partial charge >= 0.3 is 0 Å². The topological polar surface area (TPSA) is 68.0 Å². The predicted molar refractivity (Wildman–Crippen MR) is 74.1 cm³/mol. The highest BCUT2D eigenvalue weighted by Crippen LogP contribution is 2.30. The van der Waals surface area contributed by atoms with Crippen molar-refractivity contribution in [3.05, 3.63) is 24.1 Å². The van der Waals surface area contributed by atoms with Crippen LogP contribution in [-0.4, -0.2) is 17.4 Å². The van der Waals surface area contributed by atoms with Crippen LogP contribution in [-0.2, 0) is 4.79 Å². The fourth-order valence-electron chi connectivity index (χ4n) is 2.30. The van der Waals surface area contributed by atoms with E-state index in [-0.39, 0.29) is 5.91 Å². The molecule has 1 aromatic rings. The monoisotopic (exact) mass is 267 g/mol. The molecule has 0 saturated carbocycles. The molecular weight excluding hydrogens is 245 g/mol. The molecule has 1 rings (SSSR count). The third-order valence-electron chi connectivity index (χ3n) is 3.30. The number of rotatable bonds is 7. The minimum atomic E-state index is -0.556. The molecule has 5 heteroatoms. The lowest BCUT2D eigenvalue weighted by atomic mass is 9.78. The van der Waals surface area contributed by atoms with Gasteiger partial charge in [-0.2, -0.15) is 0 Å². The third kappa shape index (κ3) is 3.99. The van der Waals surface area contributed by atoms with Crippen LogP contribution in [0.15, 0.2) is 18.3 Å². The molecule has 106 valence electrons. The van der Waals surface area contributed by atoms with E-state index in [0.29, 0.717) is 12.4 Å². The van der Waals surface area contributed by atoms with Gasteiger partial charge < -0.3 is 11.1 Å². The number of pyridine rings is 1. The summed E-state index contributed by atoms with van der Waals surface area (Å²) in [5.74, 6) is -0.195. The van der Waals surface area contributed by atoms with Crippen molar-refractivity contribution in [1.82, 2.24) is 4.98 Å². The quantitative estimate of drug-likeness (QED) is 0.798. The normalized spacial score (nSPS) is 11.4. The molecular formula is C14H22FN3O. The van der Waals surface area contributed by atoms with Crippen molar-refractivity contribution in [2.24, 2.45) is 11.1 Å². The number of aromatic nitrogens is 1. The molecule has 19 heavy (non-hydrogen) atoms. The standard InChI is InChI=1S/C14H22FN3O/c1-3-7-14(10-16,8-4-2)13(19)18-12-6-5-11(15)9-17-12/h5-6,9H,3-4,7-8,10,16H2,1-2H3,(H,17,18,19). The van der Waals surface area contributed by atoms with E-state index in [1.54, 1.807) is 0 Å². The number of hydrogen-bond donors (Lipinski definition) is 2. The second-order valence-electron chi connectivity index (χ2n) is 4.80. The molecule has 0 bridgehead atoms. The molecule has 0 spiro atoms. The Balaban J connectivity index is 2.84. The summed E-state index contributed by atoms with van der Waals surface area (Å²) in [5.41, 5.74) is 5.26. The van der Waals surface area contributed by atoms with Crippen molar-refractivity contribution in [2.75, 3.05) is 11.9 Å². The number of hydrogen-bond acceptors (Lipinski definition) is 3. The predicted octanol–water partition coefficient (Wildman–Crippen LogP) is 2.70. The molecule has 0 aliphatic carbocycles. The lowest BCUT2D eigenvalue weighted by molar-refractivity contribution is -0.126. The van der Waals surface area contributed by atoms with Gasteiger partial charge in [0.25, 0.3) is 0 Å². The van der Waals surface area contributed by atoms with Crippen molar-refractivity contribution in [3.63, 3.8) is 0 Å². The molecule has 1 aromatic heterocycles. The molecule has 0 aromatic carbocycles. The number of nitrogens with two attached hydrogens (primary N) is 1. The molecule has 0 radical (unpaired) electrons.